The molecule has 0 unspecified atom stereocenters. The minimum atomic E-state index is -0.563. The number of methoxy groups -OCH3 is 1. The number of hydrogen-bond donors (Lipinski definition) is 1. The van der Waals surface area contributed by atoms with Gasteiger partial charge in [-0.05, 0) is 30.7 Å². The summed E-state index contributed by atoms with van der Waals surface area (Å²) < 4.78 is 18.6. The number of rotatable bonds is 5. The van der Waals surface area contributed by atoms with Crippen LogP contribution in [0.4, 0.5) is 15.8 Å². The van der Waals surface area contributed by atoms with Crippen LogP contribution in [0.25, 0.3) is 0 Å². The van der Waals surface area contributed by atoms with E-state index in [0.29, 0.717) is 11.3 Å². The summed E-state index contributed by atoms with van der Waals surface area (Å²) in [6, 6.07) is 10.2. The number of nitro groups is 1. The van der Waals surface area contributed by atoms with Gasteiger partial charge in [0.25, 0.3) is 5.69 Å². The summed E-state index contributed by atoms with van der Waals surface area (Å²) in [5, 5.41) is 22.9. The molecule has 2 aromatic rings. The highest BCUT2D eigenvalue weighted by molar-refractivity contribution is 5.62. The van der Waals surface area contributed by atoms with Crippen LogP contribution in [0.3, 0.4) is 0 Å². The van der Waals surface area contributed by atoms with Crippen molar-refractivity contribution in [2.45, 2.75) is 13.0 Å². The minimum Gasteiger partial charge on any atom is -0.494 e. The van der Waals surface area contributed by atoms with Crippen molar-refractivity contribution in [2.75, 3.05) is 12.4 Å². The average Bonchev–Trinajstić information content (AvgIpc) is 2.54. The third kappa shape index (κ3) is 3.55. The summed E-state index contributed by atoms with van der Waals surface area (Å²) in [4.78, 5) is 10.2. The molecule has 6 nitrogen and oxygen atoms in total. The van der Waals surface area contributed by atoms with Crippen molar-refractivity contribution < 1.29 is 14.1 Å². The Morgan fingerprint density at radius 3 is 2.65 bits per heavy atom. The Hall–Kier alpha value is -3.14. The van der Waals surface area contributed by atoms with Gasteiger partial charge >= 0.3 is 0 Å². The zero-order valence-electron chi connectivity index (χ0n) is 12.5. The Kier molecular flexibility index (Phi) is 4.76. The van der Waals surface area contributed by atoms with Crippen LogP contribution >= 0.6 is 0 Å². The number of hydrogen-bond acceptors (Lipinski definition) is 5. The number of halogens is 1. The van der Waals surface area contributed by atoms with E-state index in [1.165, 1.54) is 37.4 Å². The Labute approximate surface area is 132 Å². The lowest BCUT2D eigenvalue weighted by Gasteiger charge is -2.17. The van der Waals surface area contributed by atoms with E-state index in [2.05, 4.69) is 5.32 Å². The maximum atomic E-state index is 13.8. The van der Waals surface area contributed by atoms with E-state index in [4.69, 9.17) is 10.00 Å². The molecule has 0 saturated heterocycles. The van der Waals surface area contributed by atoms with E-state index in [0.717, 1.165) is 0 Å². The second kappa shape index (κ2) is 6.75. The van der Waals surface area contributed by atoms with Gasteiger partial charge in [0.15, 0.2) is 11.6 Å². The molecule has 0 aliphatic rings. The normalized spacial score (nSPS) is 11.4. The van der Waals surface area contributed by atoms with Crippen LogP contribution in [0, 0.1) is 27.3 Å². The number of benzene rings is 2. The van der Waals surface area contributed by atoms with Crippen molar-refractivity contribution >= 4 is 11.4 Å². The van der Waals surface area contributed by atoms with Gasteiger partial charge in [0.2, 0.25) is 0 Å². The molecule has 0 fully saturated rings. The summed E-state index contributed by atoms with van der Waals surface area (Å²) in [5.41, 5.74) is 1.10. The second-order valence-corrected chi connectivity index (χ2v) is 4.86. The number of nitro benzene ring substituents is 1. The first-order valence-electron chi connectivity index (χ1n) is 6.74. The van der Waals surface area contributed by atoms with Crippen LogP contribution in [0.15, 0.2) is 36.4 Å². The average molecular weight is 315 g/mol. The summed E-state index contributed by atoms with van der Waals surface area (Å²) >= 11 is 0. The first kappa shape index (κ1) is 16.2. The van der Waals surface area contributed by atoms with Crippen LogP contribution in [0.1, 0.15) is 24.1 Å². The van der Waals surface area contributed by atoms with Gasteiger partial charge in [-0.2, -0.15) is 5.26 Å². The van der Waals surface area contributed by atoms with Crippen molar-refractivity contribution in [1.82, 2.24) is 0 Å². The SMILES string of the molecule is COc1ccc([C@H](C)Nc2ccc([N+](=O)[O-])cc2C#N)cc1F. The largest absolute Gasteiger partial charge is 0.494 e. The Morgan fingerprint density at radius 2 is 2.09 bits per heavy atom. The lowest BCUT2D eigenvalue weighted by atomic mass is 10.1. The van der Waals surface area contributed by atoms with Gasteiger partial charge in [-0.3, -0.25) is 10.1 Å². The lowest BCUT2D eigenvalue weighted by Crippen LogP contribution is -2.08. The van der Waals surface area contributed by atoms with Crippen LogP contribution in [0.5, 0.6) is 5.75 Å². The fourth-order valence-corrected chi connectivity index (χ4v) is 2.13. The van der Waals surface area contributed by atoms with Crippen molar-refractivity contribution in [3.8, 4) is 11.8 Å². The maximum absolute atomic E-state index is 13.8. The molecule has 23 heavy (non-hydrogen) atoms. The molecule has 118 valence electrons. The van der Waals surface area contributed by atoms with E-state index in [1.54, 1.807) is 13.0 Å². The molecule has 0 bridgehead atoms. The Bertz CT molecular complexity index is 787. The predicted molar refractivity (Wildman–Crippen MR) is 82.8 cm³/mol. The van der Waals surface area contributed by atoms with Gasteiger partial charge < -0.3 is 10.1 Å². The van der Waals surface area contributed by atoms with E-state index in [1.807, 2.05) is 6.07 Å². The zero-order valence-corrected chi connectivity index (χ0v) is 12.5. The molecule has 0 aliphatic carbocycles. The number of ether oxygens (including phenoxy) is 1. The van der Waals surface area contributed by atoms with E-state index in [9.17, 15) is 14.5 Å². The van der Waals surface area contributed by atoms with Gasteiger partial charge in [0, 0.05) is 18.2 Å². The maximum Gasteiger partial charge on any atom is 0.270 e. The summed E-state index contributed by atoms with van der Waals surface area (Å²) in [6.45, 7) is 1.80. The molecule has 0 saturated carbocycles. The molecule has 1 atom stereocenters. The van der Waals surface area contributed by atoms with Gasteiger partial charge in [-0.25, -0.2) is 4.39 Å². The van der Waals surface area contributed by atoms with E-state index < -0.39 is 10.7 Å². The predicted octanol–water partition coefficient (Wildman–Crippen LogP) is 3.79. The van der Waals surface area contributed by atoms with Crippen molar-refractivity contribution in [3.05, 3.63) is 63.5 Å². The first-order chi connectivity index (χ1) is 11.0. The molecular formula is C16H14FN3O3. The fourth-order valence-electron chi connectivity index (χ4n) is 2.13. The summed E-state index contributed by atoms with van der Waals surface area (Å²) in [5.74, 6) is -0.336. The summed E-state index contributed by atoms with van der Waals surface area (Å²) in [6.07, 6.45) is 0. The van der Waals surface area contributed by atoms with Crippen molar-refractivity contribution in [2.24, 2.45) is 0 Å². The summed E-state index contributed by atoms with van der Waals surface area (Å²) in [7, 11) is 1.38. The molecule has 0 spiro atoms. The fraction of sp³-hybridized carbons (Fsp3) is 0.188. The van der Waals surface area contributed by atoms with Gasteiger partial charge in [-0.15, -0.1) is 0 Å². The highest BCUT2D eigenvalue weighted by atomic mass is 19.1. The highest BCUT2D eigenvalue weighted by Gasteiger charge is 2.14. The molecule has 0 amide bonds. The second-order valence-electron chi connectivity index (χ2n) is 4.86. The van der Waals surface area contributed by atoms with Crippen LogP contribution in [-0.4, -0.2) is 12.0 Å². The molecule has 2 aromatic carbocycles. The molecule has 1 N–H and O–H groups in total. The van der Waals surface area contributed by atoms with Crippen LogP contribution in [0.2, 0.25) is 0 Å². The van der Waals surface area contributed by atoms with Gasteiger partial charge in [0.05, 0.1) is 23.3 Å². The Morgan fingerprint density at radius 1 is 1.35 bits per heavy atom. The van der Waals surface area contributed by atoms with Crippen LogP contribution < -0.4 is 10.1 Å². The number of anilines is 1. The van der Waals surface area contributed by atoms with Gasteiger partial charge in [-0.1, -0.05) is 6.07 Å². The minimum absolute atomic E-state index is 0.147. The third-order valence-corrected chi connectivity index (χ3v) is 3.38. The van der Waals surface area contributed by atoms with Crippen molar-refractivity contribution in [1.29, 1.82) is 5.26 Å². The topological polar surface area (TPSA) is 88.2 Å². The van der Waals surface area contributed by atoms with Crippen molar-refractivity contribution in [3.63, 3.8) is 0 Å². The highest BCUT2D eigenvalue weighted by Crippen LogP contribution is 2.27. The molecule has 7 heteroatoms. The third-order valence-electron chi connectivity index (χ3n) is 3.38. The zero-order chi connectivity index (χ0) is 17.0. The van der Waals surface area contributed by atoms with E-state index in [-0.39, 0.29) is 23.0 Å². The quantitative estimate of drug-likeness (QED) is 0.670. The standard InChI is InChI=1S/C16H14FN3O3/c1-10(11-3-6-16(23-2)14(17)8-11)19-15-5-4-13(20(21)22)7-12(15)9-18/h3-8,10,19H,1-2H3/t10-/m0/s1. The Balaban J connectivity index is 2.26. The van der Waals surface area contributed by atoms with E-state index >= 15 is 0 Å². The molecule has 0 heterocycles. The lowest BCUT2D eigenvalue weighted by molar-refractivity contribution is -0.384. The molecule has 2 rings (SSSR count). The number of nitriles is 1. The molecule has 0 radical (unpaired) electrons. The first-order valence-corrected chi connectivity index (χ1v) is 6.74. The monoisotopic (exact) mass is 315 g/mol. The molecule has 0 aromatic heterocycles. The number of non-ortho nitro benzene ring substituents is 1. The van der Waals surface area contributed by atoms with Crippen LogP contribution in [-0.2, 0) is 0 Å². The molecular weight excluding hydrogens is 301 g/mol. The number of nitrogens with zero attached hydrogens (tertiary/aromatic N) is 2. The van der Waals surface area contributed by atoms with Gasteiger partial charge in [0.1, 0.15) is 6.07 Å². The smallest absolute Gasteiger partial charge is 0.270 e. The molecule has 0 aliphatic heterocycles. The number of nitrogens with one attached hydrogen (secondary N) is 1.